The van der Waals surface area contributed by atoms with E-state index in [9.17, 15) is 9.59 Å². The van der Waals surface area contributed by atoms with Crippen molar-refractivity contribution in [2.75, 3.05) is 11.1 Å². The molecule has 11 heteroatoms. The maximum Gasteiger partial charge on any atom is 0.251 e. The first kappa shape index (κ1) is 21.4. The smallest absolute Gasteiger partial charge is 0.251 e. The molecule has 3 aromatic rings. The normalized spacial score (nSPS) is 14.3. The summed E-state index contributed by atoms with van der Waals surface area (Å²) in [6.07, 6.45) is 2.30. The van der Waals surface area contributed by atoms with Gasteiger partial charge in [0.15, 0.2) is 11.0 Å². The van der Waals surface area contributed by atoms with Gasteiger partial charge < -0.3 is 9.88 Å². The number of rotatable bonds is 9. The fraction of sp³-hybridized carbons (Fsp3) is 0.400. The van der Waals surface area contributed by atoms with E-state index >= 15 is 0 Å². The molecule has 0 unspecified atom stereocenters. The van der Waals surface area contributed by atoms with Crippen molar-refractivity contribution in [1.29, 1.82) is 0 Å². The highest BCUT2D eigenvalue weighted by Gasteiger charge is 2.28. The molecule has 1 saturated carbocycles. The highest BCUT2D eigenvalue weighted by atomic mass is 32.2. The summed E-state index contributed by atoms with van der Waals surface area (Å²) in [5, 5.41) is 24.5. The van der Waals surface area contributed by atoms with Gasteiger partial charge >= 0.3 is 0 Å². The van der Waals surface area contributed by atoms with Crippen LogP contribution in [0.1, 0.15) is 59.8 Å². The van der Waals surface area contributed by atoms with Crippen LogP contribution in [0.4, 0.5) is 5.13 Å². The van der Waals surface area contributed by atoms with Crippen LogP contribution in [0.5, 0.6) is 0 Å². The van der Waals surface area contributed by atoms with Gasteiger partial charge in [-0.3, -0.25) is 14.9 Å². The lowest BCUT2D eigenvalue weighted by Gasteiger charge is -2.15. The van der Waals surface area contributed by atoms with Gasteiger partial charge in [-0.05, 0) is 38.8 Å². The van der Waals surface area contributed by atoms with Gasteiger partial charge in [0.2, 0.25) is 11.0 Å². The molecular formula is C20H23N7O2S2. The number of hydrogen-bond donors (Lipinski definition) is 2. The molecule has 0 saturated heterocycles. The number of thioether (sulfide) groups is 1. The highest BCUT2D eigenvalue weighted by molar-refractivity contribution is 7.99. The van der Waals surface area contributed by atoms with Gasteiger partial charge in [-0.2, -0.15) is 0 Å². The molecule has 162 valence electrons. The summed E-state index contributed by atoms with van der Waals surface area (Å²) in [6, 6.07) is 8.71. The van der Waals surface area contributed by atoms with Crippen molar-refractivity contribution in [2.24, 2.45) is 0 Å². The molecule has 4 rings (SSSR count). The highest BCUT2D eigenvalue weighted by Crippen LogP contribution is 2.42. The Morgan fingerprint density at radius 3 is 2.68 bits per heavy atom. The Bertz CT molecular complexity index is 1060. The van der Waals surface area contributed by atoms with Gasteiger partial charge in [0.1, 0.15) is 5.01 Å². The Morgan fingerprint density at radius 1 is 1.19 bits per heavy atom. The lowest BCUT2D eigenvalue weighted by molar-refractivity contribution is -0.113. The first-order valence-corrected chi connectivity index (χ1v) is 11.9. The number of carbonyl (C=O) groups is 2. The van der Waals surface area contributed by atoms with Crippen molar-refractivity contribution in [1.82, 2.24) is 30.3 Å². The molecule has 31 heavy (non-hydrogen) atoms. The van der Waals surface area contributed by atoms with E-state index in [1.54, 1.807) is 12.1 Å². The molecule has 0 aliphatic heterocycles. The van der Waals surface area contributed by atoms with Gasteiger partial charge in [0.25, 0.3) is 5.91 Å². The molecule has 1 atom stereocenters. The predicted octanol–water partition coefficient (Wildman–Crippen LogP) is 3.25. The van der Waals surface area contributed by atoms with Crippen LogP contribution in [0, 0.1) is 0 Å². The van der Waals surface area contributed by atoms with E-state index in [1.165, 1.54) is 23.1 Å². The van der Waals surface area contributed by atoms with Crippen LogP contribution in [0.3, 0.4) is 0 Å². The Morgan fingerprint density at radius 2 is 1.97 bits per heavy atom. The Labute approximate surface area is 188 Å². The summed E-state index contributed by atoms with van der Waals surface area (Å²) in [5.74, 6) is 1.01. The van der Waals surface area contributed by atoms with Gasteiger partial charge in [-0.1, -0.05) is 41.3 Å². The van der Waals surface area contributed by atoms with E-state index in [1.807, 2.05) is 36.6 Å². The Balaban J connectivity index is 1.34. The second-order valence-corrected chi connectivity index (χ2v) is 9.15. The van der Waals surface area contributed by atoms with Crippen LogP contribution >= 0.6 is 23.1 Å². The number of amides is 2. The number of benzene rings is 1. The van der Waals surface area contributed by atoms with Crippen molar-refractivity contribution in [3.63, 3.8) is 0 Å². The third-order valence-electron chi connectivity index (χ3n) is 4.78. The van der Waals surface area contributed by atoms with Crippen molar-refractivity contribution in [3.05, 3.63) is 46.7 Å². The molecule has 9 nitrogen and oxygen atoms in total. The van der Waals surface area contributed by atoms with Crippen LogP contribution in [0.2, 0.25) is 0 Å². The zero-order chi connectivity index (χ0) is 21.8. The molecular weight excluding hydrogens is 434 g/mol. The lowest BCUT2D eigenvalue weighted by Crippen LogP contribution is -2.28. The van der Waals surface area contributed by atoms with Crippen LogP contribution in [0.25, 0.3) is 0 Å². The van der Waals surface area contributed by atoms with Crippen LogP contribution in [-0.4, -0.2) is 42.5 Å². The molecule has 1 aliphatic rings. The van der Waals surface area contributed by atoms with E-state index in [-0.39, 0.29) is 23.6 Å². The van der Waals surface area contributed by atoms with Gasteiger partial charge in [0.05, 0.1) is 11.8 Å². The minimum Gasteiger partial charge on any atom is -0.342 e. The largest absolute Gasteiger partial charge is 0.342 e. The lowest BCUT2D eigenvalue weighted by atomic mass is 10.2. The molecule has 2 heterocycles. The topological polar surface area (TPSA) is 115 Å². The van der Waals surface area contributed by atoms with Gasteiger partial charge in [0, 0.05) is 18.0 Å². The molecule has 2 aromatic heterocycles. The van der Waals surface area contributed by atoms with E-state index in [0.29, 0.717) is 34.1 Å². The van der Waals surface area contributed by atoms with Crippen LogP contribution in [-0.2, 0) is 11.3 Å². The molecule has 0 bridgehead atoms. The molecule has 1 aliphatic carbocycles. The summed E-state index contributed by atoms with van der Waals surface area (Å²) in [6.45, 7) is 4.47. The number of hydrogen-bond acceptors (Lipinski definition) is 8. The summed E-state index contributed by atoms with van der Waals surface area (Å²) in [5.41, 5.74) is 0.588. The van der Waals surface area contributed by atoms with Gasteiger partial charge in [-0.25, -0.2) is 0 Å². The zero-order valence-corrected chi connectivity index (χ0v) is 18.9. The van der Waals surface area contributed by atoms with Crippen molar-refractivity contribution in [2.45, 2.75) is 50.4 Å². The third kappa shape index (κ3) is 5.28. The molecule has 2 N–H and O–H groups in total. The molecule has 1 aromatic carbocycles. The fourth-order valence-corrected chi connectivity index (χ4v) is 4.76. The average molecular weight is 458 g/mol. The summed E-state index contributed by atoms with van der Waals surface area (Å²) < 4.78 is 1.91. The molecule has 2 amide bonds. The minimum atomic E-state index is -0.328. The third-order valence-corrected chi connectivity index (χ3v) is 6.75. The Kier molecular flexibility index (Phi) is 6.62. The maximum atomic E-state index is 12.4. The Hall–Kier alpha value is -2.79. The fourth-order valence-electron chi connectivity index (χ4n) is 3.02. The number of carbonyl (C=O) groups excluding carboxylic acids is 2. The van der Waals surface area contributed by atoms with Crippen LogP contribution in [0.15, 0.2) is 35.5 Å². The summed E-state index contributed by atoms with van der Waals surface area (Å²) in [4.78, 5) is 24.8. The second kappa shape index (κ2) is 9.56. The zero-order valence-electron chi connectivity index (χ0n) is 17.2. The minimum absolute atomic E-state index is 0.166. The summed E-state index contributed by atoms with van der Waals surface area (Å²) >= 11 is 2.74. The first-order valence-electron chi connectivity index (χ1n) is 10.1. The van der Waals surface area contributed by atoms with Crippen molar-refractivity contribution >= 4 is 40.0 Å². The van der Waals surface area contributed by atoms with E-state index in [4.69, 9.17) is 0 Å². The number of aromatic nitrogens is 5. The van der Waals surface area contributed by atoms with E-state index in [2.05, 4.69) is 31.0 Å². The average Bonchev–Trinajstić information content (AvgIpc) is 3.38. The number of nitrogens with one attached hydrogen (secondary N) is 2. The van der Waals surface area contributed by atoms with Crippen LogP contribution < -0.4 is 10.6 Å². The van der Waals surface area contributed by atoms with E-state index in [0.717, 1.165) is 17.8 Å². The number of anilines is 1. The monoisotopic (exact) mass is 457 g/mol. The maximum absolute atomic E-state index is 12.4. The molecule has 1 fully saturated rings. The van der Waals surface area contributed by atoms with E-state index < -0.39 is 0 Å². The van der Waals surface area contributed by atoms with Gasteiger partial charge in [-0.15, -0.1) is 20.4 Å². The number of nitrogens with zero attached hydrogens (tertiary/aromatic N) is 5. The summed E-state index contributed by atoms with van der Waals surface area (Å²) in [7, 11) is 0. The van der Waals surface area contributed by atoms with Crippen molar-refractivity contribution < 1.29 is 9.59 Å². The van der Waals surface area contributed by atoms with Crippen molar-refractivity contribution in [3.8, 4) is 0 Å². The molecule has 0 radical (unpaired) electrons. The standard InChI is InChI=1S/C20H23N7O2S2/c1-3-27-16(12(2)21-17(29)13-7-5-4-6-8-13)23-26-20(27)30-11-15(28)22-19-25-24-18(31-19)14-9-10-14/h4-8,12,14H,3,9-11H2,1-2H3,(H,21,29)(H,22,25,28)/t12-/m1/s1. The quantitative estimate of drug-likeness (QED) is 0.474. The SMILES string of the molecule is CCn1c(SCC(=O)Nc2nnc(C3CC3)s2)nnc1[C@@H](C)NC(=O)c1ccccc1. The first-order chi connectivity index (χ1) is 15.0. The second-order valence-electron chi connectivity index (χ2n) is 7.20. The molecule has 0 spiro atoms. The predicted molar refractivity (Wildman–Crippen MR) is 119 cm³/mol.